The highest BCUT2D eigenvalue weighted by Crippen LogP contribution is 2.48. The molecule has 7 heteroatoms. The van der Waals surface area contributed by atoms with Gasteiger partial charge in [0.2, 0.25) is 0 Å². The van der Waals surface area contributed by atoms with Gasteiger partial charge in [0, 0.05) is 18.7 Å². The van der Waals surface area contributed by atoms with Gasteiger partial charge < -0.3 is 10.0 Å². The number of rotatable bonds is 4. The summed E-state index contributed by atoms with van der Waals surface area (Å²) in [6, 6.07) is 15.8. The topological polar surface area (TPSA) is 35.8 Å². The molecule has 2 atom stereocenters. The lowest BCUT2D eigenvalue weighted by Crippen LogP contribution is -2.50. The van der Waals surface area contributed by atoms with E-state index in [0.29, 0.717) is 10.0 Å². The van der Waals surface area contributed by atoms with Crippen molar-refractivity contribution in [2.24, 2.45) is 4.99 Å². The van der Waals surface area contributed by atoms with E-state index in [1.165, 1.54) is 5.56 Å². The lowest BCUT2D eigenvalue weighted by Gasteiger charge is -2.39. The molecule has 0 aliphatic carbocycles. The predicted octanol–water partition coefficient (Wildman–Crippen LogP) is 5.37. The zero-order chi connectivity index (χ0) is 18.1. The molecule has 1 saturated heterocycles. The first kappa shape index (κ1) is 20.8. The Bertz CT molecular complexity index is 833. The fraction of sp³-hybridized carbons (Fsp3) is 0.350. The summed E-state index contributed by atoms with van der Waals surface area (Å²) >= 11 is 14.0. The maximum atomic E-state index is 11.8. The monoisotopic (exact) mass is 442 g/mol. The second-order valence-corrected chi connectivity index (χ2v) is 8.64. The van der Waals surface area contributed by atoms with Crippen molar-refractivity contribution in [1.29, 1.82) is 0 Å². The van der Waals surface area contributed by atoms with E-state index in [9.17, 15) is 5.11 Å². The van der Waals surface area contributed by atoms with Gasteiger partial charge in [0.05, 0.1) is 15.3 Å². The van der Waals surface area contributed by atoms with Gasteiger partial charge in [0.15, 0.2) is 10.9 Å². The number of nitrogens with zero attached hydrogens (tertiary/aromatic N) is 2. The molecule has 1 fully saturated rings. The van der Waals surface area contributed by atoms with Gasteiger partial charge in [-0.1, -0.05) is 71.4 Å². The highest BCUT2D eigenvalue weighted by molar-refractivity contribution is 8.14. The molecule has 27 heavy (non-hydrogen) atoms. The van der Waals surface area contributed by atoms with Crippen LogP contribution in [0.25, 0.3) is 0 Å². The fourth-order valence-electron chi connectivity index (χ4n) is 3.65. The van der Waals surface area contributed by atoms with E-state index in [0.717, 1.165) is 43.1 Å². The molecule has 2 aliphatic heterocycles. The number of aliphatic hydroxyl groups is 1. The van der Waals surface area contributed by atoms with Crippen molar-refractivity contribution >= 4 is 52.5 Å². The number of aliphatic imine (C=N–C) groups is 1. The highest BCUT2D eigenvalue weighted by atomic mass is 35.5. The third kappa shape index (κ3) is 3.96. The molecule has 2 aromatic rings. The summed E-state index contributed by atoms with van der Waals surface area (Å²) in [5.41, 5.74) is 0.938. The summed E-state index contributed by atoms with van der Waals surface area (Å²) in [6.07, 6.45) is 2.70. The molecule has 1 N–H and O–H groups in total. The Hall–Kier alpha value is -0.910. The van der Waals surface area contributed by atoms with E-state index in [1.807, 2.05) is 17.0 Å². The minimum Gasteiger partial charge on any atom is -0.366 e. The van der Waals surface area contributed by atoms with Crippen LogP contribution in [0.1, 0.15) is 24.0 Å². The van der Waals surface area contributed by atoms with Crippen LogP contribution in [0.2, 0.25) is 10.0 Å². The zero-order valence-electron chi connectivity index (χ0n) is 14.6. The van der Waals surface area contributed by atoms with E-state index in [4.69, 9.17) is 23.2 Å². The van der Waals surface area contributed by atoms with Crippen molar-refractivity contribution in [2.45, 2.75) is 30.2 Å². The molecule has 0 spiro atoms. The molecule has 144 valence electrons. The minimum atomic E-state index is -1.12. The Morgan fingerprint density at radius 1 is 1.15 bits per heavy atom. The second-order valence-electron chi connectivity index (χ2n) is 6.66. The van der Waals surface area contributed by atoms with Crippen molar-refractivity contribution in [3.05, 3.63) is 69.7 Å². The number of halogens is 3. The second kappa shape index (κ2) is 8.62. The average Bonchev–Trinajstić information content (AvgIpc) is 2.96. The lowest BCUT2D eigenvalue weighted by molar-refractivity contribution is -0.0734. The van der Waals surface area contributed by atoms with Crippen LogP contribution >= 0.6 is 47.4 Å². The fourth-order valence-corrected chi connectivity index (χ4v) is 5.39. The molecule has 0 bridgehead atoms. The van der Waals surface area contributed by atoms with Gasteiger partial charge in [-0.2, -0.15) is 0 Å². The van der Waals surface area contributed by atoms with Crippen LogP contribution in [0.4, 0.5) is 0 Å². The molecule has 0 radical (unpaired) electrons. The standard InChI is InChI=1S/C20H20Cl2N2OS.ClH/c21-16-9-8-15(13-17(16)22)20(25)18(10-7-14-5-2-1-3-6-14)26-19-23-11-4-12-24(19)20;/h1-3,5-6,8-9,13,18,25H,4,7,10-12H2;1H. The third-order valence-electron chi connectivity index (χ3n) is 5.01. The minimum absolute atomic E-state index is 0. The molecule has 2 unspecified atom stereocenters. The van der Waals surface area contributed by atoms with E-state index >= 15 is 0 Å². The lowest BCUT2D eigenvalue weighted by atomic mass is 9.93. The van der Waals surface area contributed by atoms with Gasteiger partial charge >= 0.3 is 0 Å². The quantitative estimate of drug-likeness (QED) is 0.690. The number of aryl methyl sites for hydroxylation is 1. The summed E-state index contributed by atoms with van der Waals surface area (Å²) < 4.78 is 0. The normalized spacial score (nSPS) is 24.2. The molecule has 0 saturated carbocycles. The van der Waals surface area contributed by atoms with Crippen molar-refractivity contribution in [3.63, 3.8) is 0 Å². The first-order chi connectivity index (χ1) is 12.6. The number of amidine groups is 1. The SMILES string of the molecule is Cl.OC1(c2ccc(Cl)c(Cl)c2)C(CCc2ccccc2)SC2=NCCCN21. The summed E-state index contributed by atoms with van der Waals surface area (Å²) in [5, 5.41) is 13.7. The predicted molar refractivity (Wildman–Crippen MR) is 117 cm³/mol. The van der Waals surface area contributed by atoms with Crippen LogP contribution in [0, 0.1) is 0 Å². The van der Waals surface area contributed by atoms with Crippen molar-refractivity contribution in [3.8, 4) is 0 Å². The van der Waals surface area contributed by atoms with Crippen LogP contribution in [-0.4, -0.2) is 33.5 Å². The van der Waals surface area contributed by atoms with Crippen LogP contribution < -0.4 is 0 Å². The van der Waals surface area contributed by atoms with Crippen molar-refractivity contribution in [1.82, 2.24) is 4.90 Å². The molecular formula is C20H21Cl3N2OS. The van der Waals surface area contributed by atoms with Crippen LogP contribution in [0.15, 0.2) is 53.5 Å². The number of hydrogen-bond acceptors (Lipinski definition) is 4. The molecule has 2 aromatic carbocycles. The van der Waals surface area contributed by atoms with Gasteiger partial charge in [-0.05, 0) is 37.0 Å². The Labute approximate surface area is 180 Å². The zero-order valence-corrected chi connectivity index (χ0v) is 17.8. The summed E-state index contributed by atoms with van der Waals surface area (Å²) in [7, 11) is 0. The third-order valence-corrected chi connectivity index (χ3v) is 7.16. The molecular weight excluding hydrogens is 423 g/mol. The maximum absolute atomic E-state index is 11.8. The molecule has 3 nitrogen and oxygen atoms in total. The Morgan fingerprint density at radius 2 is 1.93 bits per heavy atom. The van der Waals surface area contributed by atoms with Crippen LogP contribution in [0.5, 0.6) is 0 Å². The number of hydrogen-bond donors (Lipinski definition) is 1. The van der Waals surface area contributed by atoms with E-state index in [-0.39, 0.29) is 17.7 Å². The van der Waals surface area contributed by atoms with Crippen LogP contribution in [0.3, 0.4) is 0 Å². The van der Waals surface area contributed by atoms with E-state index < -0.39 is 5.72 Å². The van der Waals surface area contributed by atoms with Gasteiger partial charge in [0.1, 0.15) is 0 Å². The Balaban J connectivity index is 0.00000210. The highest BCUT2D eigenvalue weighted by Gasteiger charge is 2.52. The van der Waals surface area contributed by atoms with Gasteiger partial charge in [-0.15, -0.1) is 12.4 Å². The van der Waals surface area contributed by atoms with Crippen molar-refractivity contribution < 1.29 is 5.11 Å². The number of fused-ring (bicyclic) bond motifs is 1. The van der Waals surface area contributed by atoms with Crippen molar-refractivity contribution in [2.75, 3.05) is 13.1 Å². The molecule has 0 aromatic heterocycles. The van der Waals surface area contributed by atoms with E-state index in [1.54, 1.807) is 23.9 Å². The Kier molecular flexibility index (Phi) is 6.65. The molecule has 0 amide bonds. The molecule has 2 aliphatic rings. The average molecular weight is 444 g/mol. The Morgan fingerprint density at radius 3 is 2.67 bits per heavy atom. The smallest absolute Gasteiger partial charge is 0.178 e. The number of benzene rings is 2. The van der Waals surface area contributed by atoms with Crippen LogP contribution in [-0.2, 0) is 12.1 Å². The summed E-state index contributed by atoms with van der Waals surface area (Å²) in [5.74, 6) is 0. The number of thioether (sulfide) groups is 1. The largest absolute Gasteiger partial charge is 0.366 e. The first-order valence-electron chi connectivity index (χ1n) is 8.79. The summed E-state index contributed by atoms with van der Waals surface area (Å²) in [4.78, 5) is 6.68. The van der Waals surface area contributed by atoms with Gasteiger partial charge in [0.25, 0.3) is 0 Å². The van der Waals surface area contributed by atoms with E-state index in [2.05, 4.69) is 29.3 Å². The first-order valence-corrected chi connectivity index (χ1v) is 10.4. The molecule has 4 rings (SSSR count). The molecule has 2 heterocycles. The maximum Gasteiger partial charge on any atom is 0.178 e. The summed E-state index contributed by atoms with van der Waals surface area (Å²) in [6.45, 7) is 1.62. The van der Waals surface area contributed by atoms with Gasteiger partial charge in [-0.3, -0.25) is 4.99 Å². The van der Waals surface area contributed by atoms with Gasteiger partial charge in [-0.25, -0.2) is 0 Å².